The van der Waals surface area contributed by atoms with Crippen molar-refractivity contribution in [3.63, 3.8) is 0 Å². The zero-order chi connectivity index (χ0) is 49.4. The molecule has 3 amide bonds. The standard InChI is InChI=1S/2C19H29FN2O3.C13H25NO2/c2*1-5-7-15-8-6-9-16(22(15)18(24)25-19(2,3)4)17(23)13-10-14(20)12-21-11-13;1-5-8-11-9-6-7-10-14(11)12(15)16-13(2,3)4/h2*10-12,15-17,23H,5-9H2,1-4H3;11H,5-10H2,1-4H3/t15-,16+,17+;15-,16+,17-;11-/m000/s1. The van der Waals surface area contributed by atoms with Crippen molar-refractivity contribution < 1.29 is 47.6 Å². The molecule has 0 aromatic carbocycles. The second kappa shape index (κ2) is 25.9. The first-order valence-electron chi connectivity index (χ1n) is 24.5. The van der Waals surface area contributed by atoms with Crippen LogP contribution in [0.15, 0.2) is 36.9 Å². The molecule has 3 fully saturated rings. The van der Waals surface area contributed by atoms with E-state index < -0.39 is 59.3 Å². The third-order valence-corrected chi connectivity index (χ3v) is 11.8. The Morgan fingerprint density at radius 3 is 1.30 bits per heavy atom. The van der Waals surface area contributed by atoms with Gasteiger partial charge in [0.2, 0.25) is 0 Å². The predicted octanol–water partition coefficient (Wildman–Crippen LogP) is 12.0. The molecule has 0 saturated carbocycles. The summed E-state index contributed by atoms with van der Waals surface area (Å²) in [5.41, 5.74) is -0.834. The van der Waals surface area contributed by atoms with Crippen LogP contribution in [0.4, 0.5) is 23.2 Å². The lowest BCUT2D eigenvalue weighted by Crippen LogP contribution is -2.53. The van der Waals surface area contributed by atoms with Crippen molar-refractivity contribution in [3.05, 3.63) is 59.7 Å². The Morgan fingerprint density at radius 2 is 0.939 bits per heavy atom. The molecule has 374 valence electrons. The summed E-state index contributed by atoms with van der Waals surface area (Å²) in [5.74, 6) is -0.998. The van der Waals surface area contributed by atoms with E-state index in [4.69, 9.17) is 14.2 Å². The fourth-order valence-corrected chi connectivity index (χ4v) is 9.09. The number of hydrogen-bond donors (Lipinski definition) is 2. The first-order valence-corrected chi connectivity index (χ1v) is 24.5. The van der Waals surface area contributed by atoms with Crippen LogP contribution in [0.25, 0.3) is 0 Å². The summed E-state index contributed by atoms with van der Waals surface area (Å²) in [6.07, 6.45) is 16.3. The van der Waals surface area contributed by atoms with E-state index >= 15 is 0 Å². The first kappa shape index (κ1) is 56.2. The maximum atomic E-state index is 13.5. The number of nitrogens with zero attached hydrogens (tertiary/aromatic N) is 5. The normalized spacial score (nSPS) is 22.4. The Kier molecular flexibility index (Phi) is 22.0. The van der Waals surface area contributed by atoms with E-state index in [9.17, 15) is 33.4 Å². The Balaban J connectivity index is 0.000000270. The molecule has 3 aliphatic heterocycles. The van der Waals surface area contributed by atoms with Crippen molar-refractivity contribution in [2.45, 2.75) is 239 Å². The molecule has 2 N–H and O–H groups in total. The number of pyridine rings is 2. The summed E-state index contributed by atoms with van der Waals surface area (Å²) in [7, 11) is 0. The van der Waals surface area contributed by atoms with Gasteiger partial charge >= 0.3 is 18.3 Å². The van der Waals surface area contributed by atoms with E-state index in [1.54, 1.807) is 9.80 Å². The lowest BCUT2D eigenvalue weighted by molar-refractivity contribution is -0.0373. The molecule has 0 radical (unpaired) electrons. The molecular formula is C51H83F2N5O8. The summed E-state index contributed by atoms with van der Waals surface area (Å²) in [4.78, 5) is 50.5. The fourth-order valence-electron chi connectivity index (χ4n) is 9.09. The number of piperidine rings is 3. The summed E-state index contributed by atoms with van der Waals surface area (Å²) in [6, 6.07) is 2.11. The lowest BCUT2D eigenvalue weighted by Gasteiger charge is -2.44. The van der Waals surface area contributed by atoms with Gasteiger partial charge in [-0.2, -0.15) is 0 Å². The van der Waals surface area contributed by atoms with E-state index in [1.807, 2.05) is 67.2 Å². The van der Waals surface area contributed by atoms with Crippen LogP contribution in [0.5, 0.6) is 0 Å². The van der Waals surface area contributed by atoms with E-state index in [2.05, 4.69) is 30.7 Å². The highest BCUT2D eigenvalue weighted by Gasteiger charge is 2.42. The van der Waals surface area contributed by atoms with Gasteiger partial charge in [0.1, 0.15) is 40.6 Å². The molecule has 66 heavy (non-hydrogen) atoms. The number of aromatic nitrogens is 2. The number of aliphatic hydroxyl groups is 2. The molecule has 3 aliphatic rings. The second-order valence-electron chi connectivity index (χ2n) is 21.0. The van der Waals surface area contributed by atoms with Gasteiger partial charge in [0, 0.05) is 48.2 Å². The molecular weight excluding hydrogens is 849 g/mol. The predicted molar refractivity (Wildman–Crippen MR) is 253 cm³/mol. The highest BCUT2D eigenvalue weighted by atomic mass is 19.1. The van der Waals surface area contributed by atoms with Gasteiger partial charge in [-0.05, 0) is 151 Å². The highest BCUT2D eigenvalue weighted by molar-refractivity contribution is 5.70. The molecule has 0 bridgehead atoms. The highest BCUT2D eigenvalue weighted by Crippen LogP contribution is 2.36. The minimum Gasteiger partial charge on any atom is -0.444 e. The van der Waals surface area contributed by atoms with Crippen LogP contribution in [0.1, 0.15) is 203 Å². The Bertz CT molecular complexity index is 1690. The molecule has 13 nitrogen and oxygen atoms in total. The lowest BCUT2D eigenvalue weighted by atomic mass is 9.88. The van der Waals surface area contributed by atoms with Crippen molar-refractivity contribution in [3.8, 4) is 0 Å². The number of rotatable bonds is 10. The SMILES string of the molecule is CCC[C@H]1CCCCN1C(=O)OC(C)(C)C.CCC[C@H]1CCC[C@H]([C@@H](O)c2cncc(F)c2)N1C(=O)OC(C)(C)C.CCC[C@H]1CCC[C@H]([C@H](O)c2cncc(F)c2)N1C(=O)OC(C)(C)C. The number of amides is 3. The average molecular weight is 932 g/mol. The summed E-state index contributed by atoms with van der Waals surface area (Å²) in [6.45, 7) is 23.9. The van der Waals surface area contributed by atoms with Crippen LogP contribution in [0.3, 0.4) is 0 Å². The van der Waals surface area contributed by atoms with Crippen LogP contribution >= 0.6 is 0 Å². The smallest absolute Gasteiger partial charge is 0.410 e. The Hall–Kier alpha value is -4.11. The van der Waals surface area contributed by atoms with Gasteiger partial charge in [-0.15, -0.1) is 0 Å². The maximum absolute atomic E-state index is 13.5. The zero-order valence-corrected chi connectivity index (χ0v) is 42.2. The largest absolute Gasteiger partial charge is 0.444 e. The van der Waals surface area contributed by atoms with E-state index in [1.165, 1.54) is 30.9 Å². The zero-order valence-electron chi connectivity index (χ0n) is 42.2. The van der Waals surface area contributed by atoms with Gasteiger partial charge in [-0.1, -0.05) is 40.0 Å². The third-order valence-electron chi connectivity index (χ3n) is 11.8. The van der Waals surface area contributed by atoms with Crippen molar-refractivity contribution >= 4 is 18.3 Å². The number of likely N-dealkylation sites (tertiary alicyclic amines) is 3. The minimum absolute atomic E-state index is 0.0229. The fraction of sp³-hybridized carbons (Fsp3) is 0.745. The number of aliphatic hydroxyl groups excluding tert-OH is 2. The van der Waals surface area contributed by atoms with Gasteiger partial charge in [0.15, 0.2) is 0 Å². The third kappa shape index (κ3) is 18.2. The molecule has 0 unspecified atom stereocenters. The number of ether oxygens (including phenoxy) is 3. The second-order valence-corrected chi connectivity index (χ2v) is 21.0. The number of halogens is 2. The Labute approximate surface area is 394 Å². The van der Waals surface area contributed by atoms with Gasteiger partial charge in [-0.25, -0.2) is 23.2 Å². The van der Waals surface area contributed by atoms with Crippen molar-refractivity contribution in [1.29, 1.82) is 0 Å². The summed E-state index contributed by atoms with van der Waals surface area (Å²) in [5, 5.41) is 21.6. The molecule has 5 rings (SSSR count). The van der Waals surface area contributed by atoms with Crippen LogP contribution in [0, 0.1) is 11.6 Å². The number of carbonyl (C=O) groups is 3. The first-order chi connectivity index (χ1) is 30.9. The van der Waals surface area contributed by atoms with Crippen LogP contribution in [0.2, 0.25) is 0 Å². The van der Waals surface area contributed by atoms with Crippen LogP contribution < -0.4 is 0 Å². The van der Waals surface area contributed by atoms with Crippen molar-refractivity contribution in [2.24, 2.45) is 0 Å². The van der Waals surface area contributed by atoms with Gasteiger partial charge in [0.25, 0.3) is 0 Å². The molecule has 2 aromatic heterocycles. The van der Waals surface area contributed by atoms with Gasteiger partial charge < -0.3 is 29.3 Å². The monoisotopic (exact) mass is 932 g/mol. The van der Waals surface area contributed by atoms with Crippen LogP contribution in [-0.4, -0.2) is 107 Å². The van der Waals surface area contributed by atoms with E-state index in [0.29, 0.717) is 30.0 Å². The topological polar surface area (TPSA) is 155 Å². The maximum Gasteiger partial charge on any atom is 0.410 e. The van der Waals surface area contributed by atoms with Gasteiger partial charge in [0.05, 0.1) is 24.5 Å². The molecule has 5 heterocycles. The summed E-state index contributed by atoms with van der Waals surface area (Å²) < 4.78 is 43.6. The minimum atomic E-state index is -0.990. The number of hydrogen-bond acceptors (Lipinski definition) is 10. The van der Waals surface area contributed by atoms with Crippen molar-refractivity contribution in [2.75, 3.05) is 6.54 Å². The molecule has 7 atom stereocenters. The molecule has 3 saturated heterocycles. The molecule has 15 heteroatoms. The molecule has 0 spiro atoms. The summed E-state index contributed by atoms with van der Waals surface area (Å²) >= 11 is 0. The van der Waals surface area contributed by atoms with E-state index in [0.717, 1.165) is 96.0 Å². The molecule has 2 aromatic rings. The molecule has 0 aliphatic carbocycles. The van der Waals surface area contributed by atoms with Crippen LogP contribution in [-0.2, 0) is 14.2 Å². The van der Waals surface area contributed by atoms with E-state index in [-0.39, 0.29) is 23.8 Å². The average Bonchev–Trinajstić information content (AvgIpc) is 3.22. The van der Waals surface area contributed by atoms with Gasteiger partial charge in [-0.3, -0.25) is 19.8 Å². The number of carbonyl (C=O) groups excluding carboxylic acids is 3. The van der Waals surface area contributed by atoms with Crippen molar-refractivity contribution in [1.82, 2.24) is 24.7 Å². The quantitative estimate of drug-likeness (QED) is 0.220. The Morgan fingerprint density at radius 1 is 0.576 bits per heavy atom.